The highest BCUT2D eigenvalue weighted by Gasteiger charge is 2.19. The molecule has 2 N–H and O–H groups in total. The highest BCUT2D eigenvalue weighted by molar-refractivity contribution is 7.89. The molecule has 0 saturated heterocycles. The number of hydrogen-bond donors (Lipinski definition) is 2. The molecule has 0 unspecified atom stereocenters. The molecule has 0 atom stereocenters. The lowest BCUT2D eigenvalue weighted by atomic mass is 10.0. The van der Waals surface area contributed by atoms with Crippen molar-refractivity contribution in [1.29, 1.82) is 0 Å². The van der Waals surface area contributed by atoms with Gasteiger partial charge in [0.05, 0.1) is 11.1 Å². The number of carbonyl (C=O) groups excluding carboxylic acids is 2. The number of sulfonamides is 1. The van der Waals surface area contributed by atoms with Crippen LogP contribution in [0.2, 0.25) is 0 Å². The number of aryl methyl sites for hydroxylation is 1. The summed E-state index contributed by atoms with van der Waals surface area (Å²) in [5.74, 6) is 0.548. The summed E-state index contributed by atoms with van der Waals surface area (Å²) in [6.07, 6.45) is 2.93. The van der Waals surface area contributed by atoms with E-state index in [0.29, 0.717) is 17.6 Å². The number of amides is 2. The lowest BCUT2D eigenvalue weighted by Crippen LogP contribution is -2.41. The van der Waals surface area contributed by atoms with Crippen LogP contribution in [0.15, 0.2) is 64.0 Å². The highest BCUT2D eigenvalue weighted by Crippen LogP contribution is 2.22. The van der Waals surface area contributed by atoms with Gasteiger partial charge in [-0.3, -0.25) is 20.4 Å². The first-order valence-electron chi connectivity index (χ1n) is 11.2. The Balaban J connectivity index is 1.51. The van der Waals surface area contributed by atoms with E-state index < -0.39 is 21.8 Å². The van der Waals surface area contributed by atoms with Crippen molar-refractivity contribution in [2.75, 3.05) is 14.1 Å². The Bertz CT molecular complexity index is 1280. The van der Waals surface area contributed by atoms with Crippen LogP contribution in [0.3, 0.4) is 0 Å². The number of aromatic nitrogens is 1. The van der Waals surface area contributed by atoms with Crippen molar-refractivity contribution in [2.45, 2.75) is 38.0 Å². The molecular weight excluding hydrogens is 468 g/mol. The van der Waals surface area contributed by atoms with E-state index in [1.165, 1.54) is 43.9 Å². The number of hydrogen-bond acceptors (Lipinski definition) is 6. The molecule has 186 valence electrons. The predicted molar refractivity (Wildman–Crippen MR) is 132 cm³/mol. The van der Waals surface area contributed by atoms with Crippen molar-refractivity contribution >= 4 is 21.8 Å². The average molecular weight is 499 g/mol. The first-order chi connectivity index (χ1) is 16.6. The molecule has 1 heterocycles. The van der Waals surface area contributed by atoms with Gasteiger partial charge in [-0.25, -0.2) is 17.7 Å². The first-order valence-corrected chi connectivity index (χ1v) is 12.7. The minimum Gasteiger partial charge on any atom is -0.441 e. The van der Waals surface area contributed by atoms with Gasteiger partial charge >= 0.3 is 0 Å². The van der Waals surface area contributed by atoms with E-state index in [1.54, 1.807) is 6.20 Å². The molecule has 0 aliphatic rings. The fourth-order valence-electron chi connectivity index (χ4n) is 3.33. The number of nitrogens with zero attached hydrogens (tertiary/aromatic N) is 2. The van der Waals surface area contributed by atoms with Gasteiger partial charge in [0.15, 0.2) is 11.7 Å². The van der Waals surface area contributed by atoms with E-state index in [0.717, 1.165) is 16.3 Å². The summed E-state index contributed by atoms with van der Waals surface area (Å²) in [5.41, 5.74) is 6.89. The number of carbonyl (C=O) groups is 2. The lowest BCUT2D eigenvalue weighted by molar-refractivity contribution is -0.121. The number of benzene rings is 2. The summed E-state index contributed by atoms with van der Waals surface area (Å²) in [6.45, 7) is 4.35. The molecule has 0 radical (unpaired) electrons. The lowest BCUT2D eigenvalue weighted by Gasteiger charge is -2.12. The van der Waals surface area contributed by atoms with Crippen molar-refractivity contribution < 1.29 is 22.4 Å². The van der Waals surface area contributed by atoms with Crippen LogP contribution in [0.4, 0.5) is 0 Å². The van der Waals surface area contributed by atoms with Gasteiger partial charge in [-0.1, -0.05) is 44.2 Å². The molecule has 3 rings (SSSR count). The van der Waals surface area contributed by atoms with Crippen LogP contribution in [-0.4, -0.2) is 43.6 Å². The van der Waals surface area contributed by atoms with E-state index in [1.807, 2.05) is 12.1 Å². The molecule has 3 aromatic rings. The van der Waals surface area contributed by atoms with Gasteiger partial charge in [0.25, 0.3) is 5.91 Å². The molecule has 0 bridgehead atoms. The standard InChI is InChI=1S/C25H30N4O5S/c1-17(2)14-18-8-10-19(11-9-18)22-16-26-24(34-22)13-12-23(30)27-28-25(31)20-6-5-7-21(15-20)35(32,33)29(3)4/h5-11,15-17H,12-14H2,1-4H3,(H,27,30)(H,28,31). The maximum absolute atomic E-state index is 12.4. The van der Waals surface area contributed by atoms with E-state index in [9.17, 15) is 18.0 Å². The molecule has 35 heavy (non-hydrogen) atoms. The monoisotopic (exact) mass is 498 g/mol. The Morgan fingerprint density at radius 1 is 1.06 bits per heavy atom. The smallest absolute Gasteiger partial charge is 0.269 e. The molecule has 10 heteroatoms. The zero-order valence-corrected chi connectivity index (χ0v) is 21.1. The number of hydrazine groups is 1. The van der Waals surface area contributed by atoms with E-state index in [-0.39, 0.29) is 23.3 Å². The summed E-state index contributed by atoms with van der Waals surface area (Å²) < 4.78 is 31.3. The molecule has 0 spiro atoms. The third kappa shape index (κ3) is 7.00. The second kappa shape index (κ2) is 11.3. The average Bonchev–Trinajstić information content (AvgIpc) is 3.30. The zero-order valence-electron chi connectivity index (χ0n) is 20.2. The fraction of sp³-hybridized carbons (Fsp3) is 0.320. The number of nitrogens with one attached hydrogen (secondary N) is 2. The Kier molecular flexibility index (Phi) is 8.42. The van der Waals surface area contributed by atoms with Crippen LogP contribution in [-0.2, 0) is 27.7 Å². The van der Waals surface area contributed by atoms with Crippen molar-refractivity contribution in [3.63, 3.8) is 0 Å². The Morgan fingerprint density at radius 3 is 2.43 bits per heavy atom. The third-order valence-electron chi connectivity index (χ3n) is 5.19. The molecular formula is C25H30N4O5S. The second-order valence-electron chi connectivity index (χ2n) is 8.73. The minimum absolute atomic E-state index is 0.0178. The van der Waals surface area contributed by atoms with Crippen molar-refractivity contribution in [3.05, 3.63) is 71.7 Å². The van der Waals surface area contributed by atoms with E-state index in [4.69, 9.17) is 4.42 Å². The second-order valence-corrected chi connectivity index (χ2v) is 10.9. The van der Waals surface area contributed by atoms with Crippen LogP contribution < -0.4 is 10.9 Å². The van der Waals surface area contributed by atoms with E-state index >= 15 is 0 Å². The van der Waals surface area contributed by atoms with Crippen LogP contribution >= 0.6 is 0 Å². The van der Waals surface area contributed by atoms with E-state index in [2.05, 4.69) is 41.8 Å². The summed E-state index contributed by atoms with van der Waals surface area (Å²) in [4.78, 5) is 28.7. The van der Waals surface area contributed by atoms with Gasteiger partial charge in [-0.15, -0.1) is 0 Å². The molecule has 0 fully saturated rings. The predicted octanol–water partition coefficient (Wildman–Crippen LogP) is 3.18. The molecule has 9 nitrogen and oxygen atoms in total. The third-order valence-corrected chi connectivity index (χ3v) is 7.00. The fourth-order valence-corrected chi connectivity index (χ4v) is 4.27. The maximum Gasteiger partial charge on any atom is 0.269 e. The van der Waals surface area contributed by atoms with Crippen molar-refractivity contribution in [3.8, 4) is 11.3 Å². The molecule has 0 saturated carbocycles. The molecule has 0 aliphatic heterocycles. The summed E-state index contributed by atoms with van der Waals surface area (Å²) in [7, 11) is -0.869. The van der Waals surface area contributed by atoms with Crippen molar-refractivity contribution in [1.82, 2.24) is 20.1 Å². The van der Waals surface area contributed by atoms with Crippen molar-refractivity contribution in [2.24, 2.45) is 5.92 Å². The van der Waals surface area contributed by atoms with Crippen LogP contribution in [0.25, 0.3) is 11.3 Å². The quantitative estimate of drug-likeness (QED) is 0.437. The molecule has 2 amide bonds. The normalized spacial score (nSPS) is 11.6. The van der Waals surface area contributed by atoms with Gasteiger partial charge in [0.1, 0.15) is 0 Å². The largest absolute Gasteiger partial charge is 0.441 e. The van der Waals surface area contributed by atoms with Crippen LogP contribution in [0.1, 0.15) is 42.1 Å². The Labute approximate surface area is 205 Å². The van der Waals surface area contributed by atoms with Crippen LogP contribution in [0, 0.1) is 5.92 Å². The van der Waals surface area contributed by atoms with Gasteiger partial charge in [-0.2, -0.15) is 0 Å². The Morgan fingerprint density at radius 2 is 1.77 bits per heavy atom. The SMILES string of the molecule is CC(C)Cc1ccc(-c2cnc(CCC(=O)NNC(=O)c3cccc(S(=O)(=O)N(C)C)c3)o2)cc1. The van der Waals surface area contributed by atoms with Crippen LogP contribution in [0.5, 0.6) is 0 Å². The summed E-state index contributed by atoms with van der Waals surface area (Å²) >= 11 is 0. The van der Waals surface area contributed by atoms with Gasteiger partial charge in [0.2, 0.25) is 15.9 Å². The van der Waals surface area contributed by atoms with Gasteiger partial charge in [-0.05, 0) is 36.1 Å². The first kappa shape index (κ1) is 26.1. The zero-order chi connectivity index (χ0) is 25.6. The maximum atomic E-state index is 12.4. The molecule has 2 aromatic carbocycles. The van der Waals surface area contributed by atoms with Gasteiger partial charge in [0, 0.05) is 38.1 Å². The molecule has 0 aliphatic carbocycles. The minimum atomic E-state index is -3.68. The summed E-state index contributed by atoms with van der Waals surface area (Å²) in [6, 6.07) is 13.7. The number of rotatable bonds is 9. The Hall–Kier alpha value is -3.50. The summed E-state index contributed by atoms with van der Waals surface area (Å²) in [5, 5.41) is 0. The molecule has 1 aromatic heterocycles. The highest BCUT2D eigenvalue weighted by atomic mass is 32.2. The topological polar surface area (TPSA) is 122 Å². The number of oxazole rings is 1. The van der Waals surface area contributed by atoms with Gasteiger partial charge < -0.3 is 4.42 Å².